The van der Waals surface area contributed by atoms with E-state index in [0.29, 0.717) is 87.9 Å². The van der Waals surface area contributed by atoms with Gasteiger partial charge in [-0.25, -0.2) is 9.97 Å². The molecule has 248 valence electrons. The number of anilines is 4. The second-order valence-electron chi connectivity index (χ2n) is 11.0. The van der Waals surface area contributed by atoms with Crippen molar-refractivity contribution in [3.8, 4) is 0 Å². The first-order chi connectivity index (χ1) is 22.0. The van der Waals surface area contributed by atoms with Gasteiger partial charge in [-0.15, -0.1) is 0 Å². The maximum Gasteiger partial charge on any atom is 0.228 e. The number of aromatic nitrogens is 5. The largest absolute Gasteiger partial charge is 0.383 e. The Kier molecular flexibility index (Phi) is 13.7. The number of nitrogens with zero attached hydrogens (tertiary/aromatic N) is 9. The summed E-state index contributed by atoms with van der Waals surface area (Å²) in [7, 11) is 10.6. The summed E-state index contributed by atoms with van der Waals surface area (Å²) in [4.78, 5) is 33.5. The molecule has 3 aromatic heterocycles. The lowest BCUT2D eigenvalue weighted by Gasteiger charge is -2.34. The minimum Gasteiger partial charge on any atom is -0.383 e. The predicted octanol–water partition coefficient (Wildman–Crippen LogP) is 2.26. The van der Waals surface area contributed by atoms with Crippen molar-refractivity contribution in [2.45, 2.75) is 25.5 Å². The van der Waals surface area contributed by atoms with Crippen LogP contribution in [0.15, 0.2) is 24.5 Å². The van der Waals surface area contributed by atoms with Gasteiger partial charge >= 0.3 is 0 Å². The number of piperidine rings is 1. The highest BCUT2D eigenvalue weighted by Crippen LogP contribution is 2.34. The van der Waals surface area contributed by atoms with Crippen LogP contribution in [-0.2, 0) is 30.2 Å². The Morgan fingerprint density at radius 2 is 1.22 bits per heavy atom. The molecule has 0 aliphatic carbocycles. The lowest BCUT2D eigenvalue weighted by Crippen LogP contribution is -2.38. The Morgan fingerprint density at radius 1 is 0.711 bits per heavy atom. The van der Waals surface area contributed by atoms with E-state index in [4.69, 9.17) is 43.6 Å². The highest BCUT2D eigenvalue weighted by atomic mass is 16.5. The highest BCUT2D eigenvalue weighted by Gasteiger charge is 2.28. The molecule has 1 saturated heterocycles. The van der Waals surface area contributed by atoms with Gasteiger partial charge in [0.25, 0.3) is 0 Å². The van der Waals surface area contributed by atoms with Crippen molar-refractivity contribution in [2.75, 3.05) is 128 Å². The van der Waals surface area contributed by atoms with Gasteiger partial charge in [-0.3, -0.25) is 4.98 Å². The molecule has 3 aromatic rings. The fourth-order valence-corrected chi connectivity index (χ4v) is 5.30. The van der Waals surface area contributed by atoms with E-state index in [1.165, 1.54) is 0 Å². The molecule has 0 spiro atoms. The number of hydrogen-bond acceptors (Lipinski definition) is 14. The average molecular weight is 628 g/mol. The van der Waals surface area contributed by atoms with E-state index >= 15 is 0 Å². The Hall–Kier alpha value is -3.43. The van der Waals surface area contributed by atoms with Crippen LogP contribution in [0.3, 0.4) is 0 Å². The van der Waals surface area contributed by atoms with Crippen molar-refractivity contribution >= 4 is 34.6 Å². The summed E-state index contributed by atoms with van der Waals surface area (Å²) in [5.74, 6) is 2.66. The predicted molar refractivity (Wildman–Crippen MR) is 176 cm³/mol. The quantitative estimate of drug-likeness (QED) is 0.193. The maximum atomic E-state index is 5.68. The molecule has 4 heterocycles. The number of hydrogen-bond donors (Lipinski definition) is 0. The number of ether oxygens (including phenoxy) is 5. The third-order valence-electron chi connectivity index (χ3n) is 7.92. The minimum absolute atomic E-state index is 0.222. The van der Waals surface area contributed by atoms with E-state index in [9.17, 15) is 0 Å². The van der Waals surface area contributed by atoms with Gasteiger partial charge in [0.1, 0.15) is 11.0 Å². The van der Waals surface area contributed by atoms with E-state index in [2.05, 4.69) is 24.6 Å². The van der Waals surface area contributed by atoms with Gasteiger partial charge in [0.15, 0.2) is 11.6 Å². The van der Waals surface area contributed by atoms with Crippen LogP contribution in [0.1, 0.15) is 18.4 Å². The summed E-state index contributed by atoms with van der Waals surface area (Å²) in [6, 6.07) is 4.01. The van der Waals surface area contributed by atoms with E-state index in [1.54, 1.807) is 47.9 Å². The van der Waals surface area contributed by atoms with Crippen LogP contribution in [0.4, 0.5) is 23.5 Å². The molecule has 0 saturated carbocycles. The van der Waals surface area contributed by atoms with Crippen molar-refractivity contribution < 1.29 is 23.7 Å². The lowest BCUT2D eigenvalue weighted by molar-refractivity contribution is 0.0818. The summed E-state index contributed by atoms with van der Waals surface area (Å²) in [5, 5.41) is 0. The van der Waals surface area contributed by atoms with E-state index in [-0.39, 0.29) is 6.10 Å². The molecule has 14 nitrogen and oxygen atoms in total. The molecule has 0 amide bonds. The normalized spacial score (nSPS) is 13.9. The van der Waals surface area contributed by atoms with Crippen molar-refractivity contribution in [1.29, 1.82) is 0 Å². The van der Waals surface area contributed by atoms with Gasteiger partial charge in [-0.1, -0.05) is 0 Å². The molecule has 14 heteroatoms. The number of rotatable bonds is 19. The van der Waals surface area contributed by atoms with Crippen molar-refractivity contribution in [3.63, 3.8) is 0 Å². The molecule has 45 heavy (non-hydrogen) atoms. The molecular weight excluding hydrogens is 578 g/mol. The number of fused-ring (bicyclic) bond motifs is 1. The van der Waals surface area contributed by atoms with Crippen LogP contribution < -0.4 is 19.6 Å². The van der Waals surface area contributed by atoms with E-state index in [0.717, 1.165) is 37.3 Å². The molecule has 4 rings (SSSR count). The second-order valence-corrected chi connectivity index (χ2v) is 11.0. The molecule has 1 fully saturated rings. The van der Waals surface area contributed by atoms with Gasteiger partial charge in [-0.05, 0) is 30.5 Å². The Bertz CT molecular complexity index is 1280. The summed E-state index contributed by atoms with van der Waals surface area (Å²) in [6.07, 6.45) is 5.62. The van der Waals surface area contributed by atoms with Gasteiger partial charge in [0, 0.05) is 101 Å². The highest BCUT2D eigenvalue weighted by molar-refractivity contribution is 5.95. The zero-order chi connectivity index (χ0) is 32.0. The van der Waals surface area contributed by atoms with Gasteiger partial charge in [-0.2, -0.15) is 9.97 Å². The first-order valence-electron chi connectivity index (χ1n) is 15.5. The second kappa shape index (κ2) is 17.9. The Balaban J connectivity index is 1.92. The fraction of sp³-hybridized carbons (Fsp3) is 0.645. The number of methoxy groups -OCH3 is 5. The topological polar surface area (TPSA) is 124 Å². The van der Waals surface area contributed by atoms with Crippen molar-refractivity contribution in [1.82, 2.24) is 24.9 Å². The average Bonchev–Trinajstić information content (AvgIpc) is 3.08. The molecule has 0 N–H and O–H groups in total. The Labute approximate surface area is 266 Å². The SMILES string of the molecule is COCCN(CCOC)c1nc(N2CCC(OC)CC2)c2nc(N(CCOC)CCOC)nc(N(C)Cc3ccncc3)c2n1. The van der Waals surface area contributed by atoms with Gasteiger partial charge in [0.2, 0.25) is 11.9 Å². The molecule has 0 atom stereocenters. The molecule has 0 aromatic carbocycles. The molecule has 0 radical (unpaired) electrons. The summed E-state index contributed by atoms with van der Waals surface area (Å²) in [5.41, 5.74) is 2.49. The summed E-state index contributed by atoms with van der Waals surface area (Å²) in [6.45, 7) is 6.71. The van der Waals surface area contributed by atoms with Crippen LogP contribution in [0.5, 0.6) is 0 Å². The lowest BCUT2D eigenvalue weighted by atomic mass is 10.1. The zero-order valence-electron chi connectivity index (χ0n) is 27.6. The van der Waals surface area contributed by atoms with Crippen LogP contribution in [0.25, 0.3) is 11.0 Å². The van der Waals surface area contributed by atoms with Crippen molar-refractivity contribution in [2.24, 2.45) is 0 Å². The number of pyridine rings is 1. The zero-order valence-corrected chi connectivity index (χ0v) is 27.6. The van der Waals surface area contributed by atoms with Crippen LogP contribution in [-0.4, -0.2) is 139 Å². The van der Waals surface area contributed by atoms with Gasteiger partial charge in [0.05, 0.1) is 32.5 Å². The summed E-state index contributed by atoms with van der Waals surface area (Å²) < 4.78 is 27.4. The summed E-state index contributed by atoms with van der Waals surface area (Å²) >= 11 is 0. The van der Waals surface area contributed by atoms with Crippen molar-refractivity contribution in [3.05, 3.63) is 30.1 Å². The monoisotopic (exact) mass is 627 g/mol. The smallest absolute Gasteiger partial charge is 0.228 e. The van der Waals surface area contributed by atoms with Gasteiger partial charge < -0.3 is 43.3 Å². The standard InChI is InChI=1S/C31H49N9O5/c1-37(23-24-7-11-32-12-8-24)28-26-27(34-30(35-28)39(15-19-41-2)16-20-42-3)29(38-13-9-25(45-6)10-14-38)36-31(33-26)40(17-21-43-4)18-22-44-5/h7-8,11-12,25H,9-10,13-23H2,1-6H3. The molecule has 1 aliphatic rings. The minimum atomic E-state index is 0.222. The van der Waals surface area contributed by atoms with Crippen LogP contribution >= 0.6 is 0 Å². The van der Waals surface area contributed by atoms with Crippen LogP contribution in [0.2, 0.25) is 0 Å². The molecule has 0 bridgehead atoms. The van der Waals surface area contributed by atoms with E-state index in [1.807, 2.05) is 19.2 Å². The molecule has 1 aliphatic heterocycles. The first kappa shape index (κ1) is 34.4. The van der Waals surface area contributed by atoms with Crippen LogP contribution in [0, 0.1) is 0 Å². The molecular formula is C31H49N9O5. The maximum absolute atomic E-state index is 5.68. The molecule has 0 unspecified atom stereocenters. The first-order valence-corrected chi connectivity index (χ1v) is 15.5. The van der Waals surface area contributed by atoms with E-state index < -0.39 is 0 Å². The fourth-order valence-electron chi connectivity index (χ4n) is 5.30. The Morgan fingerprint density at radius 3 is 1.73 bits per heavy atom. The third-order valence-corrected chi connectivity index (χ3v) is 7.92. The third kappa shape index (κ3) is 9.30.